The summed E-state index contributed by atoms with van der Waals surface area (Å²) in [5.74, 6) is 1.04. The van der Waals surface area contributed by atoms with Crippen LogP contribution in [0.25, 0.3) is 0 Å². The predicted octanol–water partition coefficient (Wildman–Crippen LogP) is 0.965. The molecule has 1 aliphatic rings. The number of aromatic nitrogens is 4. The van der Waals surface area contributed by atoms with Gasteiger partial charge in [-0.15, -0.1) is 0 Å². The van der Waals surface area contributed by atoms with Gasteiger partial charge >= 0.3 is 0 Å². The van der Waals surface area contributed by atoms with Crippen molar-refractivity contribution in [1.82, 2.24) is 25.2 Å². The first kappa shape index (κ1) is 14.4. The zero-order valence-corrected chi connectivity index (χ0v) is 12.6. The van der Waals surface area contributed by atoms with Crippen molar-refractivity contribution in [3.8, 4) is 0 Å². The second-order valence-corrected chi connectivity index (χ2v) is 5.48. The number of anilines is 1. The Bertz CT molecular complexity index is 678. The summed E-state index contributed by atoms with van der Waals surface area (Å²) in [6.07, 6.45) is 2.00. The van der Waals surface area contributed by atoms with E-state index < -0.39 is 0 Å². The van der Waals surface area contributed by atoms with E-state index in [-0.39, 0.29) is 18.4 Å². The maximum Gasteiger partial charge on any atom is 0.229 e. The smallest absolute Gasteiger partial charge is 0.229 e. The van der Waals surface area contributed by atoms with Crippen molar-refractivity contribution in [2.75, 3.05) is 12.3 Å². The zero-order valence-electron chi connectivity index (χ0n) is 12.6. The third-order valence-electron chi connectivity index (χ3n) is 3.86. The second-order valence-electron chi connectivity index (χ2n) is 5.48. The summed E-state index contributed by atoms with van der Waals surface area (Å²) in [6.45, 7) is 4.28. The molecule has 1 aliphatic heterocycles. The van der Waals surface area contributed by atoms with E-state index in [4.69, 9.17) is 5.73 Å². The van der Waals surface area contributed by atoms with Crippen molar-refractivity contribution < 1.29 is 9.42 Å². The minimum atomic E-state index is -0.0586. The van der Waals surface area contributed by atoms with Crippen LogP contribution in [-0.4, -0.2) is 37.6 Å². The van der Waals surface area contributed by atoms with E-state index in [0.717, 1.165) is 18.5 Å². The number of hydrogen-bond acceptors (Lipinski definition) is 7. The Balaban J connectivity index is 1.80. The first-order valence-electron chi connectivity index (χ1n) is 7.23. The molecule has 0 bridgehead atoms. The number of nitrogens with two attached hydrogens (primary N) is 1. The van der Waals surface area contributed by atoms with E-state index in [1.165, 1.54) is 0 Å². The lowest BCUT2D eigenvalue weighted by atomic mass is 10.1. The van der Waals surface area contributed by atoms with Gasteiger partial charge in [-0.1, -0.05) is 10.3 Å². The van der Waals surface area contributed by atoms with Crippen molar-refractivity contribution >= 4 is 11.7 Å². The van der Waals surface area contributed by atoms with E-state index in [2.05, 4.69) is 24.9 Å². The standard InChI is InChI=1S/C14H18N6O2/c1-8-10(19-22-18-8)7-14(21)20-5-3-4-12(20)11-6-13(15)17-9(2)16-11/h6,12H,3-5,7H2,1-2H3,(H2,15,16,17). The van der Waals surface area contributed by atoms with Crippen LogP contribution in [0.1, 0.15) is 41.8 Å². The van der Waals surface area contributed by atoms with Crippen molar-refractivity contribution in [2.45, 2.75) is 39.2 Å². The van der Waals surface area contributed by atoms with Gasteiger partial charge in [0.1, 0.15) is 23.0 Å². The minimum Gasteiger partial charge on any atom is -0.384 e. The molecule has 0 saturated carbocycles. The van der Waals surface area contributed by atoms with Gasteiger partial charge in [0.15, 0.2) is 0 Å². The summed E-state index contributed by atoms with van der Waals surface area (Å²) < 4.78 is 4.64. The topological polar surface area (TPSA) is 111 Å². The van der Waals surface area contributed by atoms with Crippen molar-refractivity contribution in [1.29, 1.82) is 0 Å². The van der Waals surface area contributed by atoms with Gasteiger partial charge in [-0.05, 0) is 26.7 Å². The number of nitrogen functional groups attached to an aromatic ring is 1. The Kier molecular flexibility index (Phi) is 3.74. The van der Waals surface area contributed by atoms with Gasteiger partial charge in [0.2, 0.25) is 5.91 Å². The number of likely N-dealkylation sites (tertiary alicyclic amines) is 1. The van der Waals surface area contributed by atoms with Gasteiger partial charge in [-0.25, -0.2) is 14.6 Å². The van der Waals surface area contributed by atoms with Gasteiger partial charge in [0.25, 0.3) is 0 Å². The molecular weight excluding hydrogens is 284 g/mol. The molecule has 0 spiro atoms. The molecule has 1 amide bonds. The van der Waals surface area contributed by atoms with E-state index in [0.29, 0.717) is 29.6 Å². The molecular formula is C14H18N6O2. The van der Waals surface area contributed by atoms with Crippen LogP contribution in [0.5, 0.6) is 0 Å². The summed E-state index contributed by atoms with van der Waals surface area (Å²) in [7, 11) is 0. The Morgan fingerprint density at radius 2 is 2.23 bits per heavy atom. The van der Waals surface area contributed by atoms with E-state index in [9.17, 15) is 4.79 Å². The lowest BCUT2D eigenvalue weighted by molar-refractivity contribution is -0.131. The molecule has 3 rings (SSSR count). The molecule has 2 aromatic rings. The van der Waals surface area contributed by atoms with E-state index >= 15 is 0 Å². The lowest BCUT2D eigenvalue weighted by Crippen LogP contribution is -2.32. The van der Waals surface area contributed by atoms with Crippen LogP contribution in [0.3, 0.4) is 0 Å². The summed E-state index contributed by atoms with van der Waals surface area (Å²) in [6, 6.07) is 1.68. The zero-order chi connectivity index (χ0) is 15.7. The molecule has 1 fully saturated rings. The maximum absolute atomic E-state index is 12.6. The Labute approximate surface area is 127 Å². The normalized spacial score (nSPS) is 17.9. The maximum atomic E-state index is 12.6. The van der Waals surface area contributed by atoms with Gasteiger partial charge < -0.3 is 10.6 Å². The average Bonchev–Trinajstić information content (AvgIpc) is 3.07. The van der Waals surface area contributed by atoms with Crippen LogP contribution < -0.4 is 5.73 Å². The summed E-state index contributed by atoms with van der Waals surface area (Å²) in [4.78, 5) is 22.9. The van der Waals surface area contributed by atoms with Gasteiger partial charge in [0, 0.05) is 12.6 Å². The SMILES string of the molecule is Cc1nc(N)cc(C2CCCN2C(=O)Cc2nonc2C)n1. The van der Waals surface area contributed by atoms with Crippen LogP contribution in [-0.2, 0) is 11.2 Å². The number of aryl methyl sites for hydroxylation is 2. The largest absolute Gasteiger partial charge is 0.384 e. The first-order chi connectivity index (χ1) is 10.5. The Morgan fingerprint density at radius 1 is 1.41 bits per heavy atom. The first-order valence-corrected chi connectivity index (χ1v) is 7.23. The molecule has 8 heteroatoms. The molecule has 0 aliphatic carbocycles. The molecule has 0 radical (unpaired) electrons. The highest BCUT2D eigenvalue weighted by Gasteiger charge is 2.32. The third-order valence-corrected chi connectivity index (χ3v) is 3.86. The van der Waals surface area contributed by atoms with Gasteiger partial charge in [0.05, 0.1) is 18.2 Å². The fraction of sp³-hybridized carbons (Fsp3) is 0.500. The molecule has 1 saturated heterocycles. The van der Waals surface area contributed by atoms with Crippen LogP contribution in [0.4, 0.5) is 5.82 Å². The van der Waals surface area contributed by atoms with Crippen LogP contribution in [0.15, 0.2) is 10.7 Å². The minimum absolute atomic E-state index is 0.00358. The summed E-state index contributed by atoms with van der Waals surface area (Å²) >= 11 is 0. The average molecular weight is 302 g/mol. The van der Waals surface area contributed by atoms with Crippen LogP contribution in [0.2, 0.25) is 0 Å². The molecule has 2 N–H and O–H groups in total. The summed E-state index contributed by atoms with van der Waals surface area (Å²) in [5, 5.41) is 7.48. The van der Waals surface area contributed by atoms with Crippen molar-refractivity contribution in [2.24, 2.45) is 0 Å². The molecule has 8 nitrogen and oxygen atoms in total. The Hall–Kier alpha value is -2.51. The van der Waals surface area contributed by atoms with Gasteiger partial charge in [-0.3, -0.25) is 4.79 Å². The predicted molar refractivity (Wildman–Crippen MR) is 77.6 cm³/mol. The van der Waals surface area contributed by atoms with Crippen molar-refractivity contribution in [3.63, 3.8) is 0 Å². The summed E-state index contributed by atoms with van der Waals surface area (Å²) in [5.41, 5.74) is 7.81. The van der Waals surface area contributed by atoms with Gasteiger partial charge in [-0.2, -0.15) is 0 Å². The number of amides is 1. The van der Waals surface area contributed by atoms with Crippen LogP contribution >= 0.6 is 0 Å². The quantitative estimate of drug-likeness (QED) is 0.898. The highest BCUT2D eigenvalue weighted by atomic mass is 16.6. The molecule has 22 heavy (non-hydrogen) atoms. The number of hydrogen-bond donors (Lipinski definition) is 1. The fourth-order valence-electron chi connectivity index (χ4n) is 2.81. The number of carbonyl (C=O) groups excluding carboxylic acids is 1. The Morgan fingerprint density at radius 3 is 2.91 bits per heavy atom. The lowest BCUT2D eigenvalue weighted by Gasteiger charge is -2.24. The second kappa shape index (κ2) is 5.70. The molecule has 3 heterocycles. The molecule has 116 valence electrons. The van der Waals surface area contributed by atoms with Crippen molar-refractivity contribution in [3.05, 3.63) is 29.0 Å². The van der Waals surface area contributed by atoms with E-state index in [1.54, 1.807) is 19.9 Å². The third kappa shape index (κ3) is 2.76. The highest BCUT2D eigenvalue weighted by molar-refractivity contribution is 5.79. The monoisotopic (exact) mass is 302 g/mol. The molecule has 1 unspecified atom stereocenters. The number of carbonyl (C=O) groups is 1. The van der Waals surface area contributed by atoms with E-state index in [1.807, 2.05) is 4.90 Å². The number of rotatable bonds is 3. The molecule has 0 aromatic carbocycles. The molecule has 2 aromatic heterocycles. The number of nitrogens with zero attached hydrogens (tertiary/aromatic N) is 5. The highest BCUT2D eigenvalue weighted by Crippen LogP contribution is 2.31. The van der Waals surface area contributed by atoms with Crippen LogP contribution in [0, 0.1) is 13.8 Å². The fourth-order valence-corrected chi connectivity index (χ4v) is 2.81. The molecule has 1 atom stereocenters.